The number of rotatable bonds is 8. The average molecular weight is 676 g/mol. The third kappa shape index (κ3) is 6.42. The first-order valence-electron chi connectivity index (χ1n) is 18.2. The quantitative estimate of drug-likeness (QED) is 0.155. The van der Waals surface area contributed by atoms with Crippen molar-refractivity contribution in [3.05, 3.63) is 224 Å². The lowest BCUT2D eigenvalue weighted by molar-refractivity contribution is 1.28. The summed E-state index contributed by atoms with van der Waals surface area (Å²) in [5.74, 6) is 0. The molecule has 0 aliphatic rings. The van der Waals surface area contributed by atoms with E-state index in [0.717, 1.165) is 17.1 Å². The minimum absolute atomic E-state index is 1.09. The van der Waals surface area contributed by atoms with Crippen LogP contribution in [-0.2, 0) is 0 Å². The third-order valence-electron chi connectivity index (χ3n) is 10.1. The minimum atomic E-state index is 1.09. The van der Waals surface area contributed by atoms with E-state index in [4.69, 9.17) is 0 Å². The minimum Gasteiger partial charge on any atom is -0.309 e. The fraction of sp³-hybridized carbons (Fsp3) is 0. The third-order valence-corrected chi connectivity index (χ3v) is 10.1. The van der Waals surface area contributed by atoms with E-state index in [9.17, 15) is 0 Å². The van der Waals surface area contributed by atoms with Gasteiger partial charge in [-0.3, -0.25) is 0 Å². The molecule has 0 spiro atoms. The topological polar surface area (TPSA) is 3.24 Å². The smallest absolute Gasteiger partial charge is 0.0540 e. The van der Waals surface area contributed by atoms with Crippen LogP contribution in [0.1, 0.15) is 0 Å². The number of benzene rings is 9. The Hall–Kier alpha value is -6.96. The van der Waals surface area contributed by atoms with Crippen molar-refractivity contribution in [2.24, 2.45) is 0 Å². The van der Waals surface area contributed by atoms with Crippen LogP contribution in [0, 0.1) is 0 Å². The molecule has 0 N–H and O–H groups in total. The van der Waals surface area contributed by atoms with E-state index in [2.05, 4.69) is 229 Å². The van der Waals surface area contributed by atoms with Crippen LogP contribution in [0.3, 0.4) is 0 Å². The molecule has 0 fully saturated rings. The molecule has 0 amide bonds. The highest BCUT2D eigenvalue weighted by Crippen LogP contribution is 2.46. The molecule has 250 valence electrons. The maximum Gasteiger partial charge on any atom is 0.0540 e. The SMILES string of the molecule is c1ccc(-c2ccccc2-c2ccccc2N(c2ccc(-c3cccc(-c4ccc5ccccc5c4)c3)cc2)c2ccccc2-c2ccccc2)cc1. The summed E-state index contributed by atoms with van der Waals surface area (Å²) < 4.78 is 0. The number of anilines is 3. The highest BCUT2D eigenvalue weighted by molar-refractivity contribution is 5.97. The maximum absolute atomic E-state index is 2.43. The summed E-state index contributed by atoms with van der Waals surface area (Å²) in [5.41, 5.74) is 15.2. The number of fused-ring (bicyclic) bond motifs is 1. The van der Waals surface area contributed by atoms with E-state index in [1.807, 2.05) is 0 Å². The molecule has 9 aromatic rings. The molecule has 0 aliphatic carbocycles. The predicted molar refractivity (Wildman–Crippen MR) is 226 cm³/mol. The number of hydrogen-bond donors (Lipinski definition) is 0. The van der Waals surface area contributed by atoms with Gasteiger partial charge in [-0.1, -0.05) is 188 Å². The second-order valence-corrected chi connectivity index (χ2v) is 13.3. The fourth-order valence-corrected chi connectivity index (χ4v) is 7.47. The zero-order valence-corrected chi connectivity index (χ0v) is 29.3. The van der Waals surface area contributed by atoms with Crippen LogP contribution < -0.4 is 4.90 Å². The van der Waals surface area contributed by atoms with Gasteiger partial charge in [0.1, 0.15) is 0 Å². The van der Waals surface area contributed by atoms with E-state index in [1.165, 1.54) is 66.4 Å². The van der Waals surface area contributed by atoms with Crippen LogP contribution in [0.4, 0.5) is 17.1 Å². The molecule has 0 atom stereocenters. The van der Waals surface area contributed by atoms with Gasteiger partial charge >= 0.3 is 0 Å². The van der Waals surface area contributed by atoms with Crippen LogP contribution in [0.2, 0.25) is 0 Å². The van der Waals surface area contributed by atoms with E-state index < -0.39 is 0 Å². The van der Waals surface area contributed by atoms with Gasteiger partial charge in [0.05, 0.1) is 11.4 Å². The van der Waals surface area contributed by atoms with Gasteiger partial charge in [-0.15, -0.1) is 0 Å². The van der Waals surface area contributed by atoms with Gasteiger partial charge in [-0.05, 0) is 91.7 Å². The predicted octanol–water partition coefficient (Wildman–Crippen LogP) is 14.6. The summed E-state index contributed by atoms with van der Waals surface area (Å²) in [6.45, 7) is 0. The van der Waals surface area contributed by atoms with Crippen molar-refractivity contribution in [2.45, 2.75) is 0 Å². The second-order valence-electron chi connectivity index (χ2n) is 13.3. The van der Waals surface area contributed by atoms with Gasteiger partial charge in [0.25, 0.3) is 0 Å². The molecule has 1 heteroatoms. The maximum atomic E-state index is 2.43. The fourth-order valence-electron chi connectivity index (χ4n) is 7.47. The number of hydrogen-bond acceptors (Lipinski definition) is 1. The Morgan fingerprint density at radius 3 is 1.38 bits per heavy atom. The lowest BCUT2D eigenvalue weighted by atomic mass is 9.92. The average Bonchev–Trinajstić information content (AvgIpc) is 3.25. The van der Waals surface area contributed by atoms with E-state index in [0.29, 0.717) is 0 Å². The molecule has 1 nitrogen and oxygen atoms in total. The van der Waals surface area contributed by atoms with Gasteiger partial charge < -0.3 is 4.90 Å². The number of para-hydroxylation sites is 2. The van der Waals surface area contributed by atoms with Crippen LogP contribution >= 0.6 is 0 Å². The molecule has 0 saturated carbocycles. The summed E-state index contributed by atoms with van der Waals surface area (Å²) in [6, 6.07) is 80.8. The van der Waals surface area contributed by atoms with Gasteiger partial charge in [-0.2, -0.15) is 0 Å². The first-order chi connectivity index (χ1) is 26.3. The van der Waals surface area contributed by atoms with Crippen LogP contribution in [-0.4, -0.2) is 0 Å². The highest BCUT2D eigenvalue weighted by atomic mass is 15.1. The molecular formula is C52H37N. The molecule has 9 rings (SSSR count). The van der Waals surface area contributed by atoms with E-state index in [-0.39, 0.29) is 0 Å². The van der Waals surface area contributed by atoms with E-state index in [1.54, 1.807) is 0 Å². The first kappa shape index (κ1) is 32.0. The molecule has 0 bridgehead atoms. The lowest BCUT2D eigenvalue weighted by Gasteiger charge is -2.30. The molecular weight excluding hydrogens is 639 g/mol. The van der Waals surface area contributed by atoms with Crippen LogP contribution in [0.5, 0.6) is 0 Å². The summed E-state index contributed by atoms with van der Waals surface area (Å²) in [4.78, 5) is 2.43. The Bertz CT molecular complexity index is 2660. The Balaban J connectivity index is 1.17. The van der Waals surface area contributed by atoms with Crippen molar-refractivity contribution in [3.63, 3.8) is 0 Å². The molecule has 0 aliphatic heterocycles. The number of nitrogens with zero attached hydrogens (tertiary/aromatic N) is 1. The normalized spacial score (nSPS) is 11.0. The Kier molecular flexibility index (Phi) is 8.66. The molecule has 9 aromatic carbocycles. The van der Waals surface area contributed by atoms with Crippen LogP contribution in [0.15, 0.2) is 224 Å². The standard InChI is InChI=1S/C52H37N/c1-3-17-40(18-4-1)47-24-9-10-26-49(47)50-27-12-14-29-52(50)53(51-28-13-11-25-48(51)41-19-5-2-6-20-41)46-34-32-39(33-35-46)43-22-15-23-44(36-43)45-31-30-38-16-7-8-21-42(38)37-45/h1-37H. The first-order valence-corrected chi connectivity index (χ1v) is 18.2. The van der Waals surface area contributed by atoms with Gasteiger partial charge in [0.2, 0.25) is 0 Å². The van der Waals surface area contributed by atoms with Crippen molar-refractivity contribution in [3.8, 4) is 55.6 Å². The highest BCUT2D eigenvalue weighted by Gasteiger charge is 2.21. The van der Waals surface area contributed by atoms with Gasteiger partial charge in [0, 0.05) is 16.8 Å². The molecule has 53 heavy (non-hydrogen) atoms. The molecule has 0 saturated heterocycles. The molecule has 0 unspecified atom stereocenters. The Labute approximate surface area is 311 Å². The van der Waals surface area contributed by atoms with Crippen molar-refractivity contribution < 1.29 is 0 Å². The van der Waals surface area contributed by atoms with Crippen molar-refractivity contribution >= 4 is 27.8 Å². The Morgan fingerprint density at radius 1 is 0.226 bits per heavy atom. The lowest BCUT2D eigenvalue weighted by Crippen LogP contribution is -2.12. The van der Waals surface area contributed by atoms with Gasteiger partial charge in [0.15, 0.2) is 0 Å². The van der Waals surface area contributed by atoms with Crippen molar-refractivity contribution in [1.82, 2.24) is 0 Å². The largest absolute Gasteiger partial charge is 0.309 e. The zero-order valence-electron chi connectivity index (χ0n) is 29.3. The molecule has 0 heterocycles. The summed E-state index contributed by atoms with van der Waals surface area (Å²) in [5, 5.41) is 2.51. The second kappa shape index (κ2) is 14.3. The summed E-state index contributed by atoms with van der Waals surface area (Å²) in [6.07, 6.45) is 0. The molecule has 0 radical (unpaired) electrons. The van der Waals surface area contributed by atoms with Crippen molar-refractivity contribution in [2.75, 3.05) is 4.90 Å². The summed E-state index contributed by atoms with van der Waals surface area (Å²) in [7, 11) is 0. The zero-order chi connectivity index (χ0) is 35.4. The van der Waals surface area contributed by atoms with Crippen LogP contribution in [0.25, 0.3) is 66.4 Å². The van der Waals surface area contributed by atoms with E-state index >= 15 is 0 Å². The van der Waals surface area contributed by atoms with Gasteiger partial charge in [-0.25, -0.2) is 0 Å². The Morgan fingerprint density at radius 2 is 0.679 bits per heavy atom. The molecule has 0 aromatic heterocycles. The van der Waals surface area contributed by atoms with Crippen molar-refractivity contribution in [1.29, 1.82) is 0 Å². The monoisotopic (exact) mass is 675 g/mol. The summed E-state index contributed by atoms with van der Waals surface area (Å²) >= 11 is 0.